The van der Waals surface area contributed by atoms with Crippen LogP contribution in [0.2, 0.25) is 0 Å². The van der Waals surface area contributed by atoms with Crippen LogP contribution in [0.5, 0.6) is 0 Å². The van der Waals surface area contributed by atoms with Gasteiger partial charge in [0.1, 0.15) is 5.69 Å². The molecule has 2 heterocycles. The van der Waals surface area contributed by atoms with E-state index >= 15 is 0 Å². The number of esters is 1. The summed E-state index contributed by atoms with van der Waals surface area (Å²) >= 11 is 0. The summed E-state index contributed by atoms with van der Waals surface area (Å²) in [6.07, 6.45) is 2.92. The van der Waals surface area contributed by atoms with Crippen molar-refractivity contribution in [3.63, 3.8) is 0 Å². The average Bonchev–Trinajstić information content (AvgIpc) is 2.74. The Bertz CT molecular complexity index is 575. The van der Waals surface area contributed by atoms with Crippen molar-refractivity contribution in [3.05, 3.63) is 29.8 Å². The van der Waals surface area contributed by atoms with Crippen molar-refractivity contribution in [3.8, 4) is 0 Å². The number of imidazole rings is 1. The number of rotatable bonds is 2. The first-order valence-electron chi connectivity index (χ1n) is 4.29. The fourth-order valence-electron chi connectivity index (χ4n) is 1.28. The van der Waals surface area contributed by atoms with Crippen LogP contribution in [0.3, 0.4) is 0 Å². The van der Waals surface area contributed by atoms with Crippen LogP contribution in [-0.4, -0.2) is 38.5 Å². The van der Waals surface area contributed by atoms with Gasteiger partial charge in [-0.3, -0.25) is 4.40 Å². The van der Waals surface area contributed by atoms with Crippen molar-refractivity contribution >= 4 is 17.7 Å². The third kappa shape index (κ3) is 1.48. The van der Waals surface area contributed by atoms with Gasteiger partial charge in [-0.05, 0) is 0 Å². The highest BCUT2D eigenvalue weighted by molar-refractivity contribution is 5.92. The summed E-state index contributed by atoms with van der Waals surface area (Å²) in [6, 6.07) is 1.14. The fraction of sp³-hybridized carbons (Fsp3) is 0.111. The van der Waals surface area contributed by atoms with E-state index in [1.165, 1.54) is 23.9 Å². The van der Waals surface area contributed by atoms with Crippen LogP contribution in [0.1, 0.15) is 21.0 Å². The lowest BCUT2D eigenvalue weighted by Crippen LogP contribution is -2.12. The topological polar surface area (TPSA) is 93.8 Å². The van der Waals surface area contributed by atoms with E-state index in [0.29, 0.717) is 0 Å². The molecule has 7 nitrogen and oxygen atoms in total. The SMILES string of the molecule is COC(=O)c1cc(C(=O)O)nc2nccn12. The van der Waals surface area contributed by atoms with Crippen molar-refractivity contribution in [2.24, 2.45) is 0 Å². The van der Waals surface area contributed by atoms with Gasteiger partial charge in [0.05, 0.1) is 7.11 Å². The number of nitrogens with zero attached hydrogens (tertiary/aromatic N) is 3. The van der Waals surface area contributed by atoms with Crippen molar-refractivity contribution in [1.82, 2.24) is 14.4 Å². The second-order valence-corrected chi connectivity index (χ2v) is 2.92. The van der Waals surface area contributed by atoms with Gasteiger partial charge in [-0.2, -0.15) is 0 Å². The predicted molar refractivity (Wildman–Crippen MR) is 51.3 cm³/mol. The Kier molecular flexibility index (Phi) is 2.28. The molecule has 0 saturated carbocycles. The van der Waals surface area contributed by atoms with E-state index in [2.05, 4.69) is 14.7 Å². The van der Waals surface area contributed by atoms with Crippen LogP contribution >= 0.6 is 0 Å². The largest absolute Gasteiger partial charge is 0.477 e. The maximum Gasteiger partial charge on any atom is 0.355 e. The number of aromatic nitrogens is 3. The molecule has 0 aliphatic heterocycles. The number of carboxylic acid groups (broad SMARTS) is 1. The minimum Gasteiger partial charge on any atom is -0.477 e. The average molecular weight is 221 g/mol. The zero-order valence-electron chi connectivity index (χ0n) is 8.25. The molecule has 2 aromatic heterocycles. The molecule has 7 heteroatoms. The lowest BCUT2D eigenvalue weighted by Gasteiger charge is -2.03. The van der Waals surface area contributed by atoms with E-state index in [-0.39, 0.29) is 17.2 Å². The van der Waals surface area contributed by atoms with Gasteiger partial charge in [0.25, 0.3) is 0 Å². The van der Waals surface area contributed by atoms with E-state index in [1.54, 1.807) is 0 Å². The Morgan fingerprint density at radius 3 is 2.88 bits per heavy atom. The molecule has 0 saturated heterocycles. The normalized spacial score (nSPS) is 10.3. The van der Waals surface area contributed by atoms with Crippen LogP contribution in [0, 0.1) is 0 Å². The minimum atomic E-state index is -1.23. The molecule has 0 amide bonds. The van der Waals surface area contributed by atoms with Gasteiger partial charge >= 0.3 is 11.9 Å². The Hall–Kier alpha value is -2.44. The van der Waals surface area contributed by atoms with Gasteiger partial charge in [-0.25, -0.2) is 19.6 Å². The maximum atomic E-state index is 11.4. The molecule has 0 radical (unpaired) electrons. The molecule has 0 fully saturated rings. The summed E-state index contributed by atoms with van der Waals surface area (Å²) in [5.41, 5.74) is -0.179. The zero-order chi connectivity index (χ0) is 11.7. The molecule has 1 N–H and O–H groups in total. The quantitative estimate of drug-likeness (QED) is 0.728. The summed E-state index contributed by atoms with van der Waals surface area (Å²) < 4.78 is 5.90. The first kappa shape index (κ1) is 10.1. The summed E-state index contributed by atoms with van der Waals surface area (Å²) in [4.78, 5) is 29.8. The molecule has 0 aromatic carbocycles. The van der Waals surface area contributed by atoms with Gasteiger partial charge < -0.3 is 9.84 Å². The molecular weight excluding hydrogens is 214 g/mol. The van der Waals surface area contributed by atoms with E-state index in [4.69, 9.17) is 5.11 Å². The number of ether oxygens (including phenoxy) is 1. The van der Waals surface area contributed by atoms with Crippen LogP contribution in [0.15, 0.2) is 18.5 Å². The van der Waals surface area contributed by atoms with Gasteiger partial charge in [0, 0.05) is 18.5 Å². The Morgan fingerprint density at radius 2 is 2.25 bits per heavy atom. The number of carbonyl (C=O) groups is 2. The standard InChI is InChI=1S/C9H7N3O4/c1-16-8(15)6-4-5(7(13)14)11-9-10-2-3-12(6)9/h2-4H,1H3,(H,13,14). The molecule has 0 atom stereocenters. The van der Waals surface area contributed by atoms with E-state index in [9.17, 15) is 9.59 Å². The summed E-state index contributed by atoms with van der Waals surface area (Å²) in [5.74, 6) is -1.73. The Balaban J connectivity index is 2.73. The molecule has 0 aliphatic carbocycles. The molecule has 16 heavy (non-hydrogen) atoms. The summed E-state index contributed by atoms with van der Waals surface area (Å²) in [5, 5.41) is 8.81. The maximum absolute atomic E-state index is 11.4. The Morgan fingerprint density at radius 1 is 1.50 bits per heavy atom. The Labute approximate surface area is 89.3 Å². The molecule has 2 rings (SSSR count). The number of carbonyl (C=O) groups excluding carboxylic acids is 1. The number of hydrogen-bond donors (Lipinski definition) is 1. The molecular formula is C9H7N3O4. The van der Waals surface area contributed by atoms with Gasteiger partial charge in [-0.15, -0.1) is 0 Å². The molecule has 82 valence electrons. The predicted octanol–water partition coefficient (Wildman–Crippen LogP) is 0.214. The number of aromatic carboxylic acids is 1. The summed E-state index contributed by atoms with van der Waals surface area (Å²) in [6.45, 7) is 0. The van der Waals surface area contributed by atoms with Gasteiger partial charge in [-0.1, -0.05) is 0 Å². The van der Waals surface area contributed by atoms with Crippen LogP contribution in [0.25, 0.3) is 5.78 Å². The smallest absolute Gasteiger partial charge is 0.355 e. The highest BCUT2D eigenvalue weighted by Crippen LogP contribution is 2.08. The highest BCUT2D eigenvalue weighted by Gasteiger charge is 2.16. The first-order valence-corrected chi connectivity index (χ1v) is 4.29. The van der Waals surface area contributed by atoms with Crippen molar-refractivity contribution < 1.29 is 19.4 Å². The number of methoxy groups -OCH3 is 1. The molecule has 0 aliphatic rings. The second-order valence-electron chi connectivity index (χ2n) is 2.92. The third-order valence-corrected chi connectivity index (χ3v) is 1.99. The molecule has 0 spiro atoms. The van der Waals surface area contributed by atoms with Gasteiger partial charge in [0.15, 0.2) is 5.69 Å². The van der Waals surface area contributed by atoms with Crippen molar-refractivity contribution in [1.29, 1.82) is 0 Å². The third-order valence-electron chi connectivity index (χ3n) is 1.99. The van der Waals surface area contributed by atoms with Crippen LogP contribution in [-0.2, 0) is 4.74 Å². The molecule has 0 unspecified atom stereocenters. The zero-order valence-corrected chi connectivity index (χ0v) is 8.25. The lowest BCUT2D eigenvalue weighted by atomic mass is 10.3. The molecule has 0 bridgehead atoms. The first-order chi connectivity index (χ1) is 7.63. The van der Waals surface area contributed by atoms with Crippen molar-refractivity contribution in [2.75, 3.05) is 7.11 Å². The number of hydrogen-bond acceptors (Lipinski definition) is 5. The lowest BCUT2D eigenvalue weighted by molar-refractivity contribution is 0.0592. The fourth-order valence-corrected chi connectivity index (χ4v) is 1.28. The van der Waals surface area contributed by atoms with Gasteiger partial charge in [0.2, 0.25) is 5.78 Å². The van der Waals surface area contributed by atoms with Crippen LogP contribution in [0.4, 0.5) is 0 Å². The van der Waals surface area contributed by atoms with Crippen LogP contribution < -0.4 is 0 Å². The minimum absolute atomic E-state index is 0.0717. The van der Waals surface area contributed by atoms with E-state index < -0.39 is 11.9 Å². The highest BCUT2D eigenvalue weighted by atomic mass is 16.5. The molecule has 2 aromatic rings. The number of fused-ring (bicyclic) bond motifs is 1. The second kappa shape index (κ2) is 3.61. The van der Waals surface area contributed by atoms with E-state index in [1.807, 2.05) is 0 Å². The monoisotopic (exact) mass is 221 g/mol. The van der Waals surface area contributed by atoms with E-state index in [0.717, 1.165) is 6.07 Å². The summed E-state index contributed by atoms with van der Waals surface area (Å²) in [7, 11) is 1.21. The van der Waals surface area contributed by atoms with Crippen molar-refractivity contribution in [2.45, 2.75) is 0 Å². The number of carboxylic acids is 1.